The molecule has 17 heavy (non-hydrogen) atoms. The molecule has 0 saturated heterocycles. The number of nitrogens with two attached hydrogens (primary N) is 1. The van der Waals surface area contributed by atoms with Crippen LogP contribution in [0.5, 0.6) is 0 Å². The van der Waals surface area contributed by atoms with Gasteiger partial charge in [-0.15, -0.1) is 0 Å². The van der Waals surface area contributed by atoms with E-state index in [-0.39, 0.29) is 11.6 Å². The summed E-state index contributed by atoms with van der Waals surface area (Å²) >= 11 is 0. The van der Waals surface area contributed by atoms with E-state index in [0.29, 0.717) is 13.2 Å². The molecular formula is C12H21N3O2. The molecule has 1 heterocycles. The van der Waals surface area contributed by atoms with Crippen molar-refractivity contribution in [2.45, 2.75) is 12.6 Å². The van der Waals surface area contributed by atoms with Crippen LogP contribution in [-0.4, -0.2) is 49.4 Å². The van der Waals surface area contributed by atoms with Gasteiger partial charge in [-0.3, -0.25) is 4.79 Å². The quantitative estimate of drug-likeness (QED) is 0.713. The highest BCUT2D eigenvalue weighted by molar-refractivity contribution is 4.93. The lowest BCUT2D eigenvalue weighted by Crippen LogP contribution is -2.40. The van der Waals surface area contributed by atoms with E-state index in [1.807, 2.05) is 13.1 Å². The number of rotatable bonds is 7. The predicted octanol–water partition coefficient (Wildman–Crippen LogP) is -0.246. The average molecular weight is 239 g/mol. The molecule has 0 saturated carbocycles. The first-order valence-corrected chi connectivity index (χ1v) is 5.72. The maximum Gasteiger partial charge on any atom is 0.250 e. The fourth-order valence-corrected chi connectivity index (χ4v) is 1.68. The van der Waals surface area contributed by atoms with Gasteiger partial charge in [0.15, 0.2) is 0 Å². The maximum atomic E-state index is 11.5. The van der Waals surface area contributed by atoms with Crippen LogP contribution in [0.25, 0.3) is 0 Å². The van der Waals surface area contributed by atoms with E-state index in [2.05, 4.69) is 4.90 Å². The van der Waals surface area contributed by atoms with E-state index in [1.165, 1.54) is 0 Å². The molecule has 0 amide bonds. The number of methoxy groups -OCH3 is 1. The maximum absolute atomic E-state index is 11.5. The highest BCUT2D eigenvalue weighted by Gasteiger charge is 2.06. The Morgan fingerprint density at radius 1 is 1.53 bits per heavy atom. The SMILES string of the molecule is COCC(N)CN(C)CCn1ccccc1=O. The molecule has 0 bridgehead atoms. The third-order valence-electron chi connectivity index (χ3n) is 2.55. The average Bonchev–Trinajstić information content (AvgIpc) is 2.28. The van der Waals surface area contributed by atoms with Crippen molar-refractivity contribution < 1.29 is 4.74 Å². The number of nitrogens with zero attached hydrogens (tertiary/aromatic N) is 2. The van der Waals surface area contributed by atoms with E-state index >= 15 is 0 Å². The molecule has 5 nitrogen and oxygen atoms in total. The van der Waals surface area contributed by atoms with E-state index < -0.39 is 0 Å². The molecule has 1 unspecified atom stereocenters. The van der Waals surface area contributed by atoms with Crippen LogP contribution >= 0.6 is 0 Å². The highest BCUT2D eigenvalue weighted by atomic mass is 16.5. The fourth-order valence-electron chi connectivity index (χ4n) is 1.68. The first kappa shape index (κ1) is 13.9. The Morgan fingerprint density at radius 3 is 2.94 bits per heavy atom. The molecular weight excluding hydrogens is 218 g/mol. The van der Waals surface area contributed by atoms with Crippen molar-refractivity contribution in [3.63, 3.8) is 0 Å². The van der Waals surface area contributed by atoms with Crippen molar-refractivity contribution in [3.8, 4) is 0 Å². The zero-order chi connectivity index (χ0) is 12.7. The Hall–Kier alpha value is -1.17. The summed E-state index contributed by atoms with van der Waals surface area (Å²) in [5.74, 6) is 0. The molecule has 0 aliphatic carbocycles. The van der Waals surface area contributed by atoms with Crippen molar-refractivity contribution >= 4 is 0 Å². The zero-order valence-electron chi connectivity index (χ0n) is 10.5. The van der Waals surface area contributed by atoms with Crippen LogP contribution in [0.1, 0.15) is 0 Å². The van der Waals surface area contributed by atoms with Crippen LogP contribution < -0.4 is 11.3 Å². The minimum atomic E-state index is 0.0116. The minimum Gasteiger partial charge on any atom is -0.383 e. The highest BCUT2D eigenvalue weighted by Crippen LogP contribution is 1.90. The number of hydrogen-bond donors (Lipinski definition) is 1. The summed E-state index contributed by atoms with van der Waals surface area (Å²) in [6, 6.07) is 5.18. The van der Waals surface area contributed by atoms with E-state index in [9.17, 15) is 4.79 Å². The summed E-state index contributed by atoms with van der Waals surface area (Å²) in [5, 5.41) is 0. The molecule has 0 aromatic carbocycles. The van der Waals surface area contributed by atoms with Gasteiger partial charge in [0, 0.05) is 45.0 Å². The molecule has 0 aliphatic rings. The zero-order valence-corrected chi connectivity index (χ0v) is 10.5. The van der Waals surface area contributed by atoms with E-state index in [0.717, 1.165) is 13.1 Å². The van der Waals surface area contributed by atoms with Crippen LogP contribution in [0.4, 0.5) is 0 Å². The number of ether oxygens (including phenoxy) is 1. The molecule has 2 N–H and O–H groups in total. The number of pyridine rings is 1. The summed E-state index contributed by atoms with van der Waals surface area (Å²) in [4.78, 5) is 13.6. The monoisotopic (exact) mass is 239 g/mol. The van der Waals surface area contributed by atoms with E-state index in [4.69, 9.17) is 10.5 Å². The van der Waals surface area contributed by atoms with Gasteiger partial charge in [-0.1, -0.05) is 6.07 Å². The Labute approximate surface area is 102 Å². The second-order valence-electron chi connectivity index (χ2n) is 4.21. The lowest BCUT2D eigenvalue weighted by atomic mass is 10.3. The topological polar surface area (TPSA) is 60.5 Å². The van der Waals surface area contributed by atoms with Gasteiger partial charge in [-0.2, -0.15) is 0 Å². The van der Waals surface area contributed by atoms with Gasteiger partial charge in [-0.05, 0) is 13.1 Å². The number of aromatic nitrogens is 1. The minimum absolute atomic E-state index is 0.0116. The largest absolute Gasteiger partial charge is 0.383 e. The summed E-state index contributed by atoms with van der Waals surface area (Å²) in [6.07, 6.45) is 1.80. The summed E-state index contributed by atoms with van der Waals surface area (Å²) in [7, 11) is 3.63. The van der Waals surface area contributed by atoms with Crippen molar-refractivity contribution in [2.75, 3.05) is 33.9 Å². The molecule has 1 aromatic rings. The first-order valence-electron chi connectivity index (χ1n) is 5.72. The lowest BCUT2D eigenvalue weighted by molar-refractivity contribution is 0.160. The molecule has 1 atom stereocenters. The molecule has 0 spiro atoms. The fraction of sp³-hybridized carbons (Fsp3) is 0.583. The number of likely N-dealkylation sites (N-methyl/N-ethyl adjacent to an activating group) is 1. The molecule has 96 valence electrons. The molecule has 0 radical (unpaired) electrons. The number of hydrogen-bond acceptors (Lipinski definition) is 4. The van der Waals surface area contributed by atoms with Gasteiger partial charge < -0.3 is 19.9 Å². The normalized spacial score (nSPS) is 12.9. The summed E-state index contributed by atoms with van der Waals surface area (Å²) < 4.78 is 6.67. The van der Waals surface area contributed by atoms with Crippen LogP contribution in [0.2, 0.25) is 0 Å². The van der Waals surface area contributed by atoms with E-state index in [1.54, 1.807) is 30.0 Å². The van der Waals surface area contributed by atoms with Crippen molar-refractivity contribution in [1.29, 1.82) is 0 Å². The molecule has 1 rings (SSSR count). The van der Waals surface area contributed by atoms with Gasteiger partial charge in [0.2, 0.25) is 0 Å². The van der Waals surface area contributed by atoms with Crippen LogP contribution in [0.3, 0.4) is 0 Å². The smallest absolute Gasteiger partial charge is 0.250 e. The van der Waals surface area contributed by atoms with Crippen LogP contribution in [-0.2, 0) is 11.3 Å². The third kappa shape index (κ3) is 5.12. The van der Waals surface area contributed by atoms with Gasteiger partial charge in [0.25, 0.3) is 5.56 Å². The molecule has 1 aromatic heterocycles. The molecule has 0 aliphatic heterocycles. The summed E-state index contributed by atoms with van der Waals surface area (Å²) in [5.41, 5.74) is 5.88. The lowest BCUT2D eigenvalue weighted by Gasteiger charge is -2.21. The Morgan fingerprint density at radius 2 is 2.29 bits per heavy atom. The third-order valence-corrected chi connectivity index (χ3v) is 2.55. The second kappa shape index (κ2) is 7.21. The first-order chi connectivity index (χ1) is 8.13. The van der Waals surface area contributed by atoms with Crippen molar-refractivity contribution in [1.82, 2.24) is 9.47 Å². The van der Waals surface area contributed by atoms with Crippen LogP contribution in [0.15, 0.2) is 29.2 Å². The van der Waals surface area contributed by atoms with Gasteiger partial charge in [0.05, 0.1) is 6.61 Å². The van der Waals surface area contributed by atoms with Gasteiger partial charge in [-0.25, -0.2) is 0 Å². The second-order valence-corrected chi connectivity index (χ2v) is 4.21. The van der Waals surface area contributed by atoms with Gasteiger partial charge >= 0.3 is 0 Å². The Balaban J connectivity index is 2.36. The molecule has 0 fully saturated rings. The van der Waals surface area contributed by atoms with Crippen molar-refractivity contribution in [2.24, 2.45) is 5.73 Å². The van der Waals surface area contributed by atoms with Crippen molar-refractivity contribution in [3.05, 3.63) is 34.7 Å². The van der Waals surface area contributed by atoms with Crippen LogP contribution in [0, 0.1) is 0 Å². The standard InChI is InChI=1S/C12H21N3O2/c1-14(9-11(13)10-17-2)7-8-15-6-4-3-5-12(15)16/h3-6,11H,7-10,13H2,1-2H3. The Bertz CT molecular complexity index is 378. The Kier molecular flexibility index (Phi) is 5.90. The predicted molar refractivity (Wildman–Crippen MR) is 68.1 cm³/mol. The molecule has 5 heteroatoms. The summed E-state index contributed by atoms with van der Waals surface area (Å²) in [6.45, 7) is 2.78. The van der Waals surface area contributed by atoms with Gasteiger partial charge in [0.1, 0.15) is 0 Å².